The number of ketones is 1. The Kier molecular flexibility index (Phi) is 10.7. The number of nitrogens with zero attached hydrogens (tertiary/aromatic N) is 1. The van der Waals surface area contributed by atoms with Crippen LogP contribution in [-0.2, 0) is 25.6 Å². The number of H-pyrrole nitrogens is 1. The van der Waals surface area contributed by atoms with Crippen LogP contribution in [0.1, 0.15) is 26.0 Å². The minimum absolute atomic E-state index is 0.00497. The fourth-order valence-corrected chi connectivity index (χ4v) is 3.72. The second-order valence-electron chi connectivity index (χ2n) is 9.48. The van der Waals surface area contributed by atoms with Crippen LogP contribution in [0.25, 0.3) is 0 Å². The molecule has 0 radical (unpaired) electrons. The number of carbonyl (C=O) groups is 4. The third-order valence-corrected chi connectivity index (χ3v) is 5.77. The van der Waals surface area contributed by atoms with Gasteiger partial charge in [-0.15, -0.1) is 0 Å². The van der Waals surface area contributed by atoms with Gasteiger partial charge in [-0.05, 0) is 24.5 Å². The lowest BCUT2D eigenvalue weighted by atomic mass is 10.0. The van der Waals surface area contributed by atoms with Crippen molar-refractivity contribution in [1.82, 2.24) is 20.6 Å². The van der Waals surface area contributed by atoms with E-state index in [9.17, 15) is 41.1 Å². The average molecular weight is 596 g/mol. The summed E-state index contributed by atoms with van der Waals surface area (Å²) in [7, 11) is 0. The molecular weight excluding hydrogens is 569 g/mol. The summed E-state index contributed by atoms with van der Waals surface area (Å²) in [6.45, 7) is 2.32. The summed E-state index contributed by atoms with van der Waals surface area (Å²) in [5.41, 5.74) is 0.0790. The normalized spacial score (nSPS) is 12.4. The summed E-state index contributed by atoms with van der Waals surface area (Å²) in [5.74, 6) is -14.1. The first kappa shape index (κ1) is 31.7. The zero-order valence-corrected chi connectivity index (χ0v) is 22.3. The van der Waals surface area contributed by atoms with E-state index in [0.717, 1.165) is 6.07 Å². The number of hydrogen-bond acceptors (Lipinski definition) is 6. The molecule has 0 unspecified atom stereocenters. The van der Waals surface area contributed by atoms with Gasteiger partial charge in [-0.3, -0.25) is 19.2 Å². The Morgan fingerprint density at radius 1 is 0.905 bits per heavy atom. The SMILES string of the molecule is CC(C)C[C@H](NC(=O)C(=O)Nc1ccccc1F)C(=O)N[C@@H](Cc1cnc[nH]1)C(=O)COc1c(F)c(F)cc(F)c1F. The second-order valence-corrected chi connectivity index (χ2v) is 9.48. The largest absolute Gasteiger partial charge is 0.479 e. The summed E-state index contributed by atoms with van der Waals surface area (Å²) < 4.78 is 73.6. The highest BCUT2D eigenvalue weighted by Gasteiger charge is 2.30. The van der Waals surface area contributed by atoms with Crippen LogP contribution < -0.4 is 20.7 Å². The number of para-hydroxylation sites is 1. The average Bonchev–Trinajstić information content (AvgIpc) is 3.45. The molecule has 0 aliphatic heterocycles. The van der Waals surface area contributed by atoms with E-state index in [0.29, 0.717) is 5.69 Å². The molecule has 10 nitrogen and oxygen atoms in total. The molecule has 1 heterocycles. The van der Waals surface area contributed by atoms with Crippen molar-refractivity contribution in [3.63, 3.8) is 0 Å². The molecule has 0 fully saturated rings. The standard InChI is InChI=1S/C27H26F5N5O5/c1-13(2)7-20(37-27(41)26(40)35-18-6-4-3-5-15(18)28)25(39)36-19(8-14-10-33-12-34-14)21(38)11-42-24-22(31)16(29)9-17(30)23(24)32/h3-6,9-10,12-13,19-20H,7-8,11H2,1-2H3,(H,33,34)(H,35,40)(H,36,39)(H,37,41)/t19-,20-/m0/s1. The first-order chi connectivity index (χ1) is 19.9. The number of benzene rings is 2. The topological polar surface area (TPSA) is 142 Å². The number of anilines is 1. The summed E-state index contributed by atoms with van der Waals surface area (Å²) in [5, 5.41) is 6.73. The van der Waals surface area contributed by atoms with E-state index in [1.165, 1.54) is 30.7 Å². The molecule has 0 aliphatic rings. The number of amides is 3. The van der Waals surface area contributed by atoms with E-state index < -0.39 is 77.0 Å². The Hall–Kier alpha value is -4.82. The molecule has 3 amide bonds. The van der Waals surface area contributed by atoms with Crippen molar-refractivity contribution in [3.05, 3.63) is 77.6 Å². The molecule has 0 bridgehead atoms. The fourth-order valence-electron chi connectivity index (χ4n) is 3.72. The molecule has 0 saturated heterocycles. The molecular formula is C27H26F5N5O5. The van der Waals surface area contributed by atoms with E-state index in [1.807, 2.05) is 0 Å². The smallest absolute Gasteiger partial charge is 0.313 e. The first-order valence-electron chi connectivity index (χ1n) is 12.5. The lowest BCUT2D eigenvalue weighted by Gasteiger charge is -2.24. The predicted molar refractivity (Wildman–Crippen MR) is 137 cm³/mol. The van der Waals surface area contributed by atoms with Crippen LogP contribution in [-0.4, -0.2) is 52.2 Å². The molecule has 2 aromatic carbocycles. The molecule has 4 N–H and O–H groups in total. The van der Waals surface area contributed by atoms with Crippen molar-refractivity contribution in [2.45, 2.75) is 38.8 Å². The van der Waals surface area contributed by atoms with Crippen molar-refractivity contribution < 1.29 is 45.9 Å². The summed E-state index contributed by atoms with van der Waals surface area (Å²) in [6, 6.07) is 2.28. The van der Waals surface area contributed by atoms with Crippen LogP contribution in [0, 0.1) is 35.0 Å². The molecule has 15 heteroatoms. The third-order valence-electron chi connectivity index (χ3n) is 5.77. The Balaban J connectivity index is 1.75. The number of Topliss-reactive ketones (excluding diaryl/α,β-unsaturated/α-hetero) is 1. The highest BCUT2D eigenvalue weighted by Crippen LogP contribution is 2.26. The Morgan fingerprint density at radius 3 is 2.17 bits per heavy atom. The van der Waals surface area contributed by atoms with E-state index in [4.69, 9.17) is 4.74 Å². The van der Waals surface area contributed by atoms with Gasteiger partial charge in [0.1, 0.15) is 18.5 Å². The van der Waals surface area contributed by atoms with Crippen molar-refractivity contribution >= 4 is 29.2 Å². The van der Waals surface area contributed by atoms with Crippen LogP contribution in [0.5, 0.6) is 5.75 Å². The molecule has 2 atom stereocenters. The molecule has 0 spiro atoms. The highest BCUT2D eigenvalue weighted by atomic mass is 19.2. The number of halogens is 5. The lowest BCUT2D eigenvalue weighted by molar-refractivity contribution is -0.138. The van der Waals surface area contributed by atoms with Crippen LogP contribution in [0.4, 0.5) is 27.6 Å². The van der Waals surface area contributed by atoms with E-state index in [2.05, 4.69) is 25.9 Å². The van der Waals surface area contributed by atoms with Gasteiger partial charge in [0, 0.05) is 24.4 Å². The summed E-state index contributed by atoms with van der Waals surface area (Å²) >= 11 is 0. The second kappa shape index (κ2) is 14.2. The molecule has 42 heavy (non-hydrogen) atoms. The maximum Gasteiger partial charge on any atom is 0.313 e. The van der Waals surface area contributed by atoms with Gasteiger partial charge in [0.05, 0.1) is 18.1 Å². The number of aromatic nitrogens is 2. The summed E-state index contributed by atoms with van der Waals surface area (Å²) in [4.78, 5) is 57.6. The van der Waals surface area contributed by atoms with Crippen LogP contribution in [0.2, 0.25) is 0 Å². The quantitative estimate of drug-likeness (QED) is 0.144. The van der Waals surface area contributed by atoms with Crippen LogP contribution >= 0.6 is 0 Å². The molecule has 0 aliphatic carbocycles. The Bertz CT molecular complexity index is 1430. The van der Waals surface area contributed by atoms with Gasteiger partial charge in [-0.2, -0.15) is 8.78 Å². The molecule has 3 aromatic rings. The van der Waals surface area contributed by atoms with Gasteiger partial charge in [-0.25, -0.2) is 18.2 Å². The maximum absolute atomic E-state index is 14.0. The molecule has 224 valence electrons. The van der Waals surface area contributed by atoms with E-state index in [-0.39, 0.29) is 30.5 Å². The molecule has 0 saturated carbocycles. The zero-order chi connectivity index (χ0) is 31.0. The first-order valence-corrected chi connectivity index (χ1v) is 12.5. The molecule has 3 rings (SSSR count). The number of hydrogen-bond donors (Lipinski definition) is 4. The minimum Gasteiger partial charge on any atom is -0.479 e. The van der Waals surface area contributed by atoms with E-state index >= 15 is 0 Å². The van der Waals surface area contributed by atoms with Gasteiger partial charge >= 0.3 is 11.8 Å². The number of rotatable bonds is 12. The zero-order valence-electron chi connectivity index (χ0n) is 22.3. The van der Waals surface area contributed by atoms with Gasteiger partial charge in [0.15, 0.2) is 23.2 Å². The predicted octanol–water partition coefficient (Wildman–Crippen LogP) is 2.95. The highest BCUT2D eigenvalue weighted by molar-refractivity contribution is 6.40. The van der Waals surface area contributed by atoms with Gasteiger partial charge in [-0.1, -0.05) is 26.0 Å². The number of carbonyl (C=O) groups excluding carboxylic acids is 4. The Labute approximate surface area is 236 Å². The van der Waals surface area contributed by atoms with Crippen molar-refractivity contribution in [1.29, 1.82) is 0 Å². The van der Waals surface area contributed by atoms with Gasteiger partial charge in [0.2, 0.25) is 17.5 Å². The van der Waals surface area contributed by atoms with Crippen molar-refractivity contribution in [3.8, 4) is 5.75 Å². The van der Waals surface area contributed by atoms with Crippen LogP contribution in [0.3, 0.4) is 0 Å². The maximum atomic E-state index is 14.0. The van der Waals surface area contributed by atoms with Crippen molar-refractivity contribution in [2.24, 2.45) is 5.92 Å². The minimum atomic E-state index is -1.86. The van der Waals surface area contributed by atoms with Crippen molar-refractivity contribution in [2.75, 3.05) is 11.9 Å². The monoisotopic (exact) mass is 595 g/mol. The number of nitrogens with one attached hydrogen (secondary N) is 4. The Morgan fingerprint density at radius 2 is 1.57 bits per heavy atom. The summed E-state index contributed by atoms with van der Waals surface area (Å²) in [6.07, 6.45) is 2.39. The van der Waals surface area contributed by atoms with E-state index in [1.54, 1.807) is 13.8 Å². The molecule has 1 aromatic heterocycles. The fraction of sp³-hybridized carbons (Fsp3) is 0.296. The number of ether oxygens (including phenoxy) is 1. The van der Waals surface area contributed by atoms with Gasteiger partial charge in [0.25, 0.3) is 0 Å². The number of imidazole rings is 1. The lowest BCUT2D eigenvalue weighted by Crippen LogP contribution is -2.54. The van der Waals surface area contributed by atoms with Crippen LogP contribution in [0.15, 0.2) is 42.9 Å². The third kappa shape index (κ3) is 8.34. The number of aromatic amines is 1. The van der Waals surface area contributed by atoms with Gasteiger partial charge < -0.3 is 25.7 Å².